The number of aromatic nitrogens is 4. The van der Waals surface area contributed by atoms with E-state index in [2.05, 4.69) is 19.9 Å². The predicted octanol–water partition coefficient (Wildman–Crippen LogP) is 9.77. The van der Waals surface area contributed by atoms with Crippen molar-refractivity contribution >= 4 is 28.6 Å². The molecule has 1 spiro atoms. The molecule has 0 radical (unpaired) electrons. The number of carbonyl (C=O) groups excluding carboxylic acids is 1. The molecule has 1 saturated carbocycles. The molecule has 5 fully saturated rings. The lowest BCUT2D eigenvalue weighted by Crippen LogP contribution is -2.63. The van der Waals surface area contributed by atoms with E-state index in [9.17, 15) is 13.6 Å². The minimum absolute atomic E-state index is 0.0105. The Hall–Kier alpha value is -6.31. The maximum atomic E-state index is 18.0. The summed E-state index contributed by atoms with van der Waals surface area (Å²) in [6.07, 6.45) is -2.94. The van der Waals surface area contributed by atoms with Gasteiger partial charge in [-0.25, -0.2) is 27.9 Å². The van der Waals surface area contributed by atoms with Crippen LogP contribution in [0.15, 0.2) is 54.6 Å². The molecule has 1 amide bonds. The van der Waals surface area contributed by atoms with Crippen molar-refractivity contribution in [1.29, 1.82) is 0 Å². The van der Waals surface area contributed by atoms with E-state index in [1.165, 1.54) is 13.0 Å². The third-order valence-electron chi connectivity index (χ3n) is 15.5. The van der Waals surface area contributed by atoms with Gasteiger partial charge in [0.1, 0.15) is 64.2 Å². The van der Waals surface area contributed by atoms with Crippen LogP contribution in [0.4, 0.5) is 42.8 Å². The number of pyridine rings is 2. The van der Waals surface area contributed by atoms with Gasteiger partial charge in [-0.1, -0.05) is 24.3 Å². The third-order valence-corrected chi connectivity index (χ3v) is 15.5. The minimum atomic E-state index is -5.03. The zero-order valence-electron chi connectivity index (χ0n) is 40.9. The fraction of sp³-hybridized carbons (Fsp3) is 0.519. The number of hydrogen-bond donors (Lipinski definition) is 0. The number of piperazine rings is 1. The molecule has 4 saturated heterocycles. The van der Waals surface area contributed by atoms with Gasteiger partial charge in [0, 0.05) is 32.6 Å². The standard InChI is InChI=1S/C52H56F6N8O6/c1-29-20-37(63(21-30-8-13-33(68-5)14-9-30)22-31-10-15-34(69-6)16-11-31)59-42(39(29)52(56,57)58)43-40(53)41-38-44(62-46(61-41)71-28-50-18-7-19-64(50)27-49(25-50)26-51(49,54)55)65-23-32-12-17-35(36(65)24-70-45(38)60-43)66(32)47(67)72-48(2,3)4/h8-11,13-16,20,32,35-36H,7,12,17-19,21-28H2,1-6H3/t32-,35+,36-,49?,50+/m1/s1. The molecular formula is C52H56F6N8O6. The first-order valence-electron chi connectivity index (χ1n) is 24.4. The average molecular weight is 1000 g/mol. The molecular weight excluding hydrogens is 947 g/mol. The van der Waals surface area contributed by atoms with E-state index >= 15 is 17.6 Å². The van der Waals surface area contributed by atoms with Crippen LogP contribution < -0.4 is 28.7 Å². The first kappa shape index (κ1) is 48.0. The zero-order chi connectivity index (χ0) is 50.7. The van der Waals surface area contributed by atoms with Gasteiger partial charge in [0.15, 0.2) is 5.82 Å². The number of anilines is 2. The highest BCUT2D eigenvalue weighted by Gasteiger charge is 2.77. The van der Waals surface area contributed by atoms with Crippen LogP contribution in [0.3, 0.4) is 0 Å². The molecule has 382 valence electrons. The minimum Gasteiger partial charge on any atom is -0.497 e. The molecule has 8 heterocycles. The predicted molar refractivity (Wildman–Crippen MR) is 253 cm³/mol. The highest BCUT2D eigenvalue weighted by atomic mass is 19.4. The topological polar surface area (TPSA) is 128 Å². The Morgan fingerprint density at radius 1 is 0.889 bits per heavy atom. The van der Waals surface area contributed by atoms with Crippen molar-refractivity contribution in [2.45, 2.75) is 121 Å². The number of hydrogen-bond acceptors (Lipinski definition) is 13. The van der Waals surface area contributed by atoms with Gasteiger partial charge in [0.2, 0.25) is 5.88 Å². The van der Waals surface area contributed by atoms with Gasteiger partial charge >= 0.3 is 18.3 Å². The van der Waals surface area contributed by atoms with Crippen LogP contribution in [0, 0.1) is 18.2 Å². The van der Waals surface area contributed by atoms with Crippen LogP contribution in [0.25, 0.3) is 22.3 Å². The molecule has 5 aliphatic heterocycles. The van der Waals surface area contributed by atoms with E-state index in [1.807, 2.05) is 29.2 Å². The van der Waals surface area contributed by atoms with E-state index < -0.39 is 75.1 Å². The largest absolute Gasteiger partial charge is 0.497 e. The van der Waals surface area contributed by atoms with Crippen molar-refractivity contribution in [3.05, 3.63) is 82.7 Å². The highest BCUT2D eigenvalue weighted by molar-refractivity contribution is 5.97. The van der Waals surface area contributed by atoms with Gasteiger partial charge in [-0.3, -0.25) is 9.80 Å². The lowest BCUT2D eigenvalue weighted by atomic mass is 9.89. The van der Waals surface area contributed by atoms with Crippen molar-refractivity contribution in [1.82, 2.24) is 29.7 Å². The molecule has 2 bridgehead atoms. The van der Waals surface area contributed by atoms with Gasteiger partial charge < -0.3 is 33.5 Å². The van der Waals surface area contributed by atoms with Gasteiger partial charge in [0.05, 0.1) is 48.9 Å². The molecule has 14 nitrogen and oxygen atoms in total. The summed E-state index contributed by atoms with van der Waals surface area (Å²) in [6, 6.07) is 14.1. The number of nitrogens with zero attached hydrogens (tertiary/aromatic N) is 8. The van der Waals surface area contributed by atoms with Gasteiger partial charge in [-0.2, -0.15) is 23.1 Å². The summed E-state index contributed by atoms with van der Waals surface area (Å²) < 4.78 is 124. The monoisotopic (exact) mass is 1000 g/mol. The summed E-state index contributed by atoms with van der Waals surface area (Å²) in [5.74, 6) is -2.72. The Morgan fingerprint density at radius 2 is 1.56 bits per heavy atom. The first-order valence-corrected chi connectivity index (χ1v) is 24.4. The maximum Gasteiger partial charge on any atom is 0.418 e. The summed E-state index contributed by atoms with van der Waals surface area (Å²) in [7, 11) is 3.09. The molecule has 5 atom stereocenters. The molecule has 11 rings (SSSR count). The average Bonchev–Trinajstić information content (AvgIpc) is 3.57. The lowest BCUT2D eigenvalue weighted by molar-refractivity contribution is -0.137. The molecule has 72 heavy (non-hydrogen) atoms. The van der Waals surface area contributed by atoms with Crippen molar-refractivity contribution in [2.75, 3.05) is 56.9 Å². The number of benzene rings is 2. The van der Waals surface area contributed by atoms with Crippen LogP contribution in [0.5, 0.6) is 23.4 Å². The molecule has 1 unspecified atom stereocenters. The number of halogens is 6. The Labute approximate surface area is 412 Å². The Balaban J connectivity index is 1.05. The maximum absolute atomic E-state index is 18.0. The van der Waals surface area contributed by atoms with Crippen molar-refractivity contribution in [2.24, 2.45) is 5.41 Å². The second-order valence-corrected chi connectivity index (χ2v) is 21.3. The summed E-state index contributed by atoms with van der Waals surface area (Å²) >= 11 is 0. The van der Waals surface area contributed by atoms with E-state index in [-0.39, 0.29) is 92.8 Å². The number of carbonyl (C=O) groups is 1. The molecule has 5 aromatic rings. The number of aryl methyl sites for hydroxylation is 1. The van der Waals surface area contributed by atoms with Crippen molar-refractivity contribution in [3.63, 3.8) is 0 Å². The fourth-order valence-corrected chi connectivity index (χ4v) is 12.0. The number of fused-ring (bicyclic) bond motifs is 6. The SMILES string of the molecule is COc1ccc(CN(Cc2ccc(OC)cc2)c2cc(C)c(C(F)(F)F)c(-c3nc4c5c(nc(OC[C@@]67CCCN6CC6(CC6(F)F)C7)nc5c3F)N3C[C@H]5CC[C@@H]([C@H]3CO4)N5C(=O)OC(C)(C)C)n2)cc1. The number of amides is 1. The fourth-order valence-electron chi connectivity index (χ4n) is 12.0. The first-order chi connectivity index (χ1) is 34.2. The molecule has 2 aromatic carbocycles. The van der Waals surface area contributed by atoms with E-state index in [4.69, 9.17) is 28.7 Å². The van der Waals surface area contributed by atoms with E-state index in [0.717, 1.165) is 17.5 Å². The Bertz CT molecular complexity index is 2890. The summed E-state index contributed by atoms with van der Waals surface area (Å²) in [5.41, 5.74) is -4.47. The summed E-state index contributed by atoms with van der Waals surface area (Å²) in [6.45, 7) is 7.92. The lowest BCUT2D eigenvalue weighted by Gasteiger charge is -2.46. The van der Waals surface area contributed by atoms with E-state index in [0.29, 0.717) is 37.3 Å². The van der Waals surface area contributed by atoms with Crippen LogP contribution in [-0.2, 0) is 24.0 Å². The van der Waals surface area contributed by atoms with Gasteiger partial charge in [-0.15, -0.1) is 0 Å². The summed E-state index contributed by atoms with van der Waals surface area (Å²) in [4.78, 5) is 40.0. The molecule has 0 N–H and O–H groups in total. The van der Waals surface area contributed by atoms with E-state index in [1.54, 1.807) is 69.1 Å². The second-order valence-electron chi connectivity index (χ2n) is 21.3. The van der Waals surface area contributed by atoms with Crippen molar-refractivity contribution < 1.29 is 54.8 Å². The van der Waals surface area contributed by atoms with Crippen LogP contribution >= 0.6 is 0 Å². The highest BCUT2D eigenvalue weighted by Crippen LogP contribution is 2.69. The van der Waals surface area contributed by atoms with Gasteiger partial charge in [-0.05, 0) is 113 Å². The quantitative estimate of drug-likeness (QED) is 0.117. The normalized spacial score (nSPS) is 25.0. The van der Waals surface area contributed by atoms with Gasteiger partial charge in [0.25, 0.3) is 5.92 Å². The second kappa shape index (κ2) is 17.2. The molecule has 6 aliphatic rings. The van der Waals surface area contributed by atoms with Crippen LogP contribution in [0.2, 0.25) is 0 Å². The Morgan fingerprint density at radius 3 is 2.17 bits per heavy atom. The third kappa shape index (κ3) is 8.30. The summed E-state index contributed by atoms with van der Waals surface area (Å²) in [5, 5.41) is 0.0105. The number of rotatable bonds is 11. The molecule has 20 heteroatoms. The molecule has 1 aliphatic carbocycles. The number of ether oxygens (including phenoxy) is 5. The van der Waals surface area contributed by atoms with Crippen LogP contribution in [-0.4, -0.2) is 118 Å². The van der Waals surface area contributed by atoms with Crippen molar-refractivity contribution in [3.8, 4) is 34.8 Å². The smallest absolute Gasteiger partial charge is 0.418 e. The Kier molecular flexibility index (Phi) is 11.4. The van der Waals surface area contributed by atoms with Crippen LogP contribution in [0.1, 0.15) is 81.5 Å². The molecule has 3 aromatic heterocycles. The zero-order valence-corrected chi connectivity index (χ0v) is 40.9. The number of alkyl halides is 5. The number of methoxy groups -OCH3 is 2.